The van der Waals surface area contributed by atoms with E-state index in [9.17, 15) is 9.59 Å². The molecule has 0 aliphatic carbocycles. The molecule has 0 saturated carbocycles. The zero-order valence-corrected chi connectivity index (χ0v) is 25.2. The largest absolute Gasteiger partial charge is 0.462 e. The minimum atomic E-state index is -0.620. The smallest absolute Gasteiger partial charge is 0.338 e. The molecule has 0 radical (unpaired) electrons. The molecule has 224 valence electrons. The van der Waals surface area contributed by atoms with Crippen molar-refractivity contribution in [3.63, 3.8) is 0 Å². The van der Waals surface area contributed by atoms with Crippen molar-refractivity contribution in [2.75, 3.05) is 11.9 Å². The fourth-order valence-corrected chi connectivity index (χ4v) is 5.70. The molecular formula is C39H35N3O3. The van der Waals surface area contributed by atoms with Gasteiger partial charge in [-0.1, -0.05) is 109 Å². The molecule has 1 aliphatic rings. The fraction of sp³-hybridized carbons (Fsp3) is 0.154. The lowest BCUT2D eigenvalue weighted by molar-refractivity contribution is -0.115. The van der Waals surface area contributed by atoms with E-state index in [4.69, 9.17) is 9.73 Å². The van der Waals surface area contributed by atoms with Crippen molar-refractivity contribution in [3.05, 3.63) is 167 Å². The van der Waals surface area contributed by atoms with Crippen LogP contribution in [0.15, 0.2) is 138 Å². The van der Waals surface area contributed by atoms with E-state index < -0.39 is 11.9 Å². The molecule has 1 atom stereocenters. The van der Waals surface area contributed by atoms with Gasteiger partial charge in [-0.15, -0.1) is 0 Å². The zero-order chi connectivity index (χ0) is 31.0. The number of carbonyl (C=O) groups is 2. The summed E-state index contributed by atoms with van der Waals surface area (Å²) in [6.07, 6.45) is 0. The molecular weight excluding hydrogens is 558 g/mol. The van der Waals surface area contributed by atoms with E-state index in [2.05, 4.69) is 70.9 Å². The molecule has 0 saturated heterocycles. The zero-order valence-electron chi connectivity index (χ0n) is 25.2. The molecule has 1 N–H and O–H groups in total. The van der Waals surface area contributed by atoms with Crippen molar-refractivity contribution in [2.24, 2.45) is 4.99 Å². The quantitative estimate of drug-likeness (QED) is 0.125. The lowest BCUT2D eigenvalue weighted by atomic mass is 9.90. The molecule has 5 aromatic rings. The number of esters is 1. The maximum atomic E-state index is 13.4. The third-order valence-electron chi connectivity index (χ3n) is 7.83. The van der Waals surface area contributed by atoms with Gasteiger partial charge in [-0.05, 0) is 59.0 Å². The third-order valence-corrected chi connectivity index (χ3v) is 7.83. The van der Waals surface area contributed by atoms with Gasteiger partial charge < -0.3 is 10.1 Å². The van der Waals surface area contributed by atoms with E-state index >= 15 is 0 Å². The minimum absolute atomic E-state index is 0.178. The highest BCUT2D eigenvalue weighted by Crippen LogP contribution is 2.37. The van der Waals surface area contributed by atoms with Crippen LogP contribution in [0.3, 0.4) is 0 Å². The number of hydrogen-bond donors (Lipinski definition) is 1. The molecule has 1 amide bonds. The first-order valence-corrected chi connectivity index (χ1v) is 15.2. The number of nitrogens with one attached hydrogen (secondary N) is 1. The van der Waals surface area contributed by atoms with Gasteiger partial charge in [-0.2, -0.15) is 0 Å². The Morgan fingerprint density at radius 2 is 1.27 bits per heavy atom. The van der Waals surface area contributed by atoms with Gasteiger partial charge in [-0.25, -0.2) is 4.79 Å². The van der Waals surface area contributed by atoms with E-state index in [1.54, 1.807) is 19.1 Å². The maximum absolute atomic E-state index is 13.4. The molecule has 6 rings (SSSR count). The summed E-state index contributed by atoms with van der Waals surface area (Å²) >= 11 is 0. The Kier molecular flexibility index (Phi) is 9.23. The van der Waals surface area contributed by atoms with Crippen molar-refractivity contribution in [3.8, 4) is 0 Å². The van der Waals surface area contributed by atoms with Crippen LogP contribution in [0, 0.1) is 0 Å². The predicted octanol–water partition coefficient (Wildman–Crippen LogP) is 7.92. The number of carbonyl (C=O) groups excluding carboxylic acids is 2. The average molecular weight is 594 g/mol. The first kappa shape index (κ1) is 29.7. The maximum Gasteiger partial charge on any atom is 0.338 e. The SMILES string of the molecule is CCOC(=O)c1ccc2c(c1)NC(=O)C2C(=Nc1ccc(CN(Cc2ccccc2)Cc2ccccc2)cc1)c1ccccc1. The number of amides is 1. The highest BCUT2D eigenvalue weighted by atomic mass is 16.5. The molecule has 45 heavy (non-hydrogen) atoms. The van der Waals surface area contributed by atoms with Crippen molar-refractivity contribution >= 4 is 29.0 Å². The second-order valence-corrected chi connectivity index (χ2v) is 11.1. The highest BCUT2D eigenvalue weighted by Gasteiger charge is 2.36. The Labute approximate surface area is 264 Å². The number of anilines is 1. The van der Waals surface area contributed by atoms with Crippen LogP contribution in [-0.2, 0) is 29.2 Å². The van der Waals surface area contributed by atoms with Crippen LogP contribution in [0.25, 0.3) is 0 Å². The Morgan fingerprint density at radius 3 is 1.84 bits per heavy atom. The van der Waals surface area contributed by atoms with Gasteiger partial charge in [0.1, 0.15) is 5.92 Å². The van der Waals surface area contributed by atoms with Crippen LogP contribution in [0.4, 0.5) is 11.4 Å². The summed E-state index contributed by atoms with van der Waals surface area (Å²) in [5, 5.41) is 2.96. The standard InChI is InChI=1S/C39H35N3O3/c1-2-45-39(44)32-20-23-34-35(24-32)41-38(43)36(34)37(31-16-10-5-11-17-31)40-33-21-18-30(19-22-33)27-42(25-28-12-6-3-7-13-28)26-29-14-8-4-9-15-29/h3-24,36H,2,25-27H2,1H3,(H,41,43). The van der Waals surface area contributed by atoms with Crippen molar-refractivity contribution in [2.45, 2.75) is 32.5 Å². The lowest BCUT2D eigenvalue weighted by Gasteiger charge is -2.23. The Hall–Kier alpha value is -5.33. The summed E-state index contributed by atoms with van der Waals surface area (Å²) in [5.74, 6) is -1.21. The Balaban J connectivity index is 1.28. The number of aliphatic imine (C=N–C) groups is 1. The number of nitrogens with zero attached hydrogens (tertiary/aromatic N) is 2. The number of ether oxygens (including phenoxy) is 1. The van der Waals surface area contributed by atoms with Gasteiger partial charge in [-0.3, -0.25) is 14.7 Å². The molecule has 5 aromatic carbocycles. The van der Waals surface area contributed by atoms with E-state index in [0.717, 1.165) is 36.4 Å². The molecule has 6 nitrogen and oxygen atoms in total. The number of benzene rings is 5. The summed E-state index contributed by atoms with van der Waals surface area (Å²) in [4.78, 5) is 33.2. The van der Waals surface area contributed by atoms with Crippen LogP contribution < -0.4 is 5.32 Å². The second-order valence-electron chi connectivity index (χ2n) is 11.1. The Bertz CT molecular complexity index is 1750. The Morgan fingerprint density at radius 1 is 0.711 bits per heavy atom. The summed E-state index contributed by atoms with van der Waals surface area (Å²) < 4.78 is 5.15. The van der Waals surface area contributed by atoms with Crippen molar-refractivity contribution in [1.82, 2.24) is 4.90 Å². The first-order valence-electron chi connectivity index (χ1n) is 15.2. The van der Waals surface area contributed by atoms with Crippen LogP contribution in [0.5, 0.6) is 0 Å². The van der Waals surface area contributed by atoms with Crippen LogP contribution in [0.1, 0.15) is 51.0 Å². The van der Waals surface area contributed by atoms with Gasteiger partial charge in [0.05, 0.1) is 23.6 Å². The topological polar surface area (TPSA) is 71.0 Å². The van der Waals surface area contributed by atoms with Gasteiger partial charge in [0.2, 0.25) is 5.91 Å². The van der Waals surface area contributed by atoms with E-state index in [1.165, 1.54) is 16.7 Å². The monoisotopic (exact) mass is 593 g/mol. The molecule has 1 unspecified atom stereocenters. The lowest BCUT2D eigenvalue weighted by Crippen LogP contribution is -2.22. The number of hydrogen-bond acceptors (Lipinski definition) is 5. The third kappa shape index (κ3) is 7.25. The minimum Gasteiger partial charge on any atom is -0.462 e. The van der Waals surface area contributed by atoms with Crippen LogP contribution in [0.2, 0.25) is 0 Å². The average Bonchev–Trinajstić information content (AvgIpc) is 3.40. The normalized spacial score (nSPS) is 14.2. The van der Waals surface area contributed by atoms with Crippen molar-refractivity contribution < 1.29 is 14.3 Å². The van der Waals surface area contributed by atoms with Gasteiger partial charge >= 0.3 is 5.97 Å². The van der Waals surface area contributed by atoms with Gasteiger partial charge in [0.25, 0.3) is 0 Å². The molecule has 0 fully saturated rings. The molecule has 0 aromatic heterocycles. The molecule has 1 heterocycles. The first-order chi connectivity index (χ1) is 22.1. The summed E-state index contributed by atoms with van der Waals surface area (Å²) in [5.41, 5.74) is 7.78. The highest BCUT2D eigenvalue weighted by molar-refractivity contribution is 6.24. The molecule has 0 spiro atoms. The summed E-state index contributed by atoms with van der Waals surface area (Å²) in [7, 11) is 0. The predicted molar refractivity (Wildman–Crippen MR) is 179 cm³/mol. The van der Waals surface area contributed by atoms with Gasteiger partial charge in [0.15, 0.2) is 0 Å². The van der Waals surface area contributed by atoms with Gasteiger partial charge in [0, 0.05) is 25.3 Å². The van der Waals surface area contributed by atoms with E-state index in [0.29, 0.717) is 17.0 Å². The molecule has 6 heteroatoms. The molecule has 1 aliphatic heterocycles. The summed E-state index contributed by atoms with van der Waals surface area (Å²) in [6, 6.07) is 44.3. The van der Waals surface area contributed by atoms with E-state index in [-0.39, 0.29) is 12.5 Å². The number of rotatable bonds is 11. The fourth-order valence-electron chi connectivity index (χ4n) is 5.70. The van der Waals surface area contributed by atoms with E-state index in [1.807, 2.05) is 60.7 Å². The van der Waals surface area contributed by atoms with Crippen molar-refractivity contribution in [1.29, 1.82) is 0 Å². The summed E-state index contributed by atoms with van der Waals surface area (Å²) in [6.45, 7) is 4.50. The number of fused-ring (bicyclic) bond motifs is 1. The second kappa shape index (κ2) is 14.0. The van der Waals surface area contributed by atoms with Crippen LogP contribution in [-0.4, -0.2) is 29.1 Å². The molecule has 0 bridgehead atoms. The van der Waals surface area contributed by atoms with Crippen LogP contribution >= 0.6 is 0 Å².